The van der Waals surface area contributed by atoms with Crippen molar-refractivity contribution in [1.29, 1.82) is 0 Å². The van der Waals surface area contributed by atoms with E-state index in [-0.39, 0.29) is 23.3 Å². The number of fused-ring (bicyclic) bond motifs is 5. The number of nitrogens with zero attached hydrogens (tertiary/aromatic N) is 2. The SMILES string of the molecule is O=C1CC(O)c2c1cc1n(c2=O)Cc2cc3ccccc3nc2-1. The number of pyridine rings is 2. The normalized spacial score (nSPS) is 18.1. The Morgan fingerprint density at radius 3 is 2.87 bits per heavy atom. The van der Waals surface area contributed by atoms with E-state index in [0.29, 0.717) is 17.8 Å². The van der Waals surface area contributed by atoms with Crippen LogP contribution in [0.25, 0.3) is 22.3 Å². The first-order chi connectivity index (χ1) is 11.1. The van der Waals surface area contributed by atoms with Crippen LogP contribution in [0.1, 0.15) is 34.0 Å². The Labute approximate surface area is 130 Å². The Morgan fingerprint density at radius 1 is 1.17 bits per heavy atom. The van der Waals surface area contributed by atoms with Gasteiger partial charge in [0.2, 0.25) is 0 Å². The molecule has 2 aromatic heterocycles. The minimum atomic E-state index is -0.987. The predicted molar refractivity (Wildman–Crippen MR) is 84.4 cm³/mol. The van der Waals surface area contributed by atoms with Gasteiger partial charge in [0.05, 0.1) is 35.1 Å². The summed E-state index contributed by atoms with van der Waals surface area (Å²) in [5.74, 6) is -0.178. The van der Waals surface area contributed by atoms with Gasteiger partial charge in [-0.15, -0.1) is 0 Å². The maximum absolute atomic E-state index is 12.7. The minimum Gasteiger partial charge on any atom is -0.388 e. The summed E-state index contributed by atoms with van der Waals surface area (Å²) < 4.78 is 1.61. The second kappa shape index (κ2) is 4.14. The molecule has 1 aliphatic heterocycles. The highest BCUT2D eigenvalue weighted by Crippen LogP contribution is 2.36. The Balaban J connectivity index is 1.84. The number of aromatic nitrogens is 2. The number of carbonyl (C=O) groups excluding carboxylic acids is 1. The maximum Gasteiger partial charge on any atom is 0.257 e. The first-order valence-corrected chi connectivity index (χ1v) is 7.51. The fraction of sp³-hybridized carbons (Fsp3) is 0.167. The minimum absolute atomic E-state index is 0.00790. The van der Waals surface area contributed by atoms with E-state index in [1.807, 2.05) is 30.3 Å². The molecule has 0 fully saturated rings. The van der Waals surface area contributed by atoms with Crippen LogP contribution in [0.5, 0.6) is 0 Å². The molecule has 5 nitrogen and oxygen atoms in total. The lowest BCUT2D eigenvalue weighted by Crippen LogP contribution is -2.24. The van der Waals surface area contributed by atoms with Crippen molar-refractivity contribution in [2.45, 2.75) is 19.1 Å². The van der Waals surface area contributed by atoms with Crippen molar-refractivity contribution in [3.05, 3.63) is 63.4 Å². The van der Waals surface area contributed by atoms with Gasteiger partial charge in [-0.1, -0.05) is 18.2 Å². The smallest absolute Gasteiger partial charge is 0.257 e. The van der Waals surface area contributed by atoms with Gasteiger partial charge in [-0.25, -0.2) is 4.98 Å². The van der Waals surface area contributed by atoms with E-state index in [1.54, 1.807) is 10.6 Å². The molecule has 0 radical (unpaired) electrons. The molecule has 5 heteroatoms. The molecule has 3 heterocycles. The number of hydrogen-bond donors (Lipinski definition) is 1. The van der Waals surface area contributed by atoms with Crippen molar-refractivity contribution < 1.29 is 9.90 Å². The Morgan fingerprint density at radius 2 is 2.00 bits per heavy atom. The number of benzene rings is 1. The first kappa shape index (κ1) is 12.7. The van der Waals surface area contributed by atoms with Crippen molar-refractivity contribution in [1.82, 2.24) is 9.55 Å². The number of Topliss-reactive ketones (excluding diaryl/α,β-unsaturated/α-hetero) is 1. The lowest BCUT2D eigenvalue weighted by Gasteiger charge is -2.08. The summed E-state index contributed by atoms with van der Waals surface area (Å²) in [5.41, 5.74) is 3.53. The van der Waals surface area contributed by atoms with E-state index in [9.17, 15) is 14.7 Å². The highest BCUT2D eigenvalue weighted by atomic mass is 16.3. The van der Waals surface area contributed by atoms with E-state index < -0.39 is 6.10 Å². The molecular formula is C18H12N2O3. The molecule has 0 saturated carbocycles. The van der Waals surface area contributed by atoms with Gasteiger partial charge in [-0.05, 0) is 18.2 Å². The van der Waals surface area contributed by atoms with Gasteiger partial charge in [0.15, 0.2) is 5.78 Å². The molecule has 1 unspecified atom stereocenters. The highest BCUT2D eigenvalue weighted by Gasteiger charge is 2.35. The van der Waals surface area contributed by atoms with Gasteiger partial charge in [-0.2, -0.15) is 0 Å². The predicted octanol–water partition coefficient (Wildman–Crippen LogP) is 2.04. The van der Waals surface area contributed by atoms with E-state index >= 15 is 0 Å². The molecule has 5 rings (SSSR count). The molecule has 3 aromatic rings. The number of aliphatic hydroxyl groups excluding tert-OH is 1. The quantitative estimate of drug-likeness (QED) is 0.539. The number of hydrogen-bond acceptors (Lipinski definition) is 4. The van der Waals surface area contributed by atoms with E-state index in [0.717, 1.165) is 22.2 Å². The lowest BCUT2D eigenvalue weighted by molar-refractivity contribution is 0.0929. The Hall–Kier alpha value is -2.79. The first-order valence-electron chi connectivity index (χ1n) is 7.51. The van der Waals surface area contributed by atoms with Crippen LogP contribution in [0.3, 0.4) is 0 Å². The number of rotatable bonds is 0. The summed E-state index contributed by atoms with van der Waals surface area (Å²) in [6, 6.07) is 11.5. The summed E-state index contributed by atoms with van der Waals surface area (Å²) in [5, 5.41) is 11.0. The van der Waals surface area contributed by atoms with Crippen LogP contribution >= 0.6 is 0 Å². The standard InChI is InChI=1S/C18H12N2O3/c21-14-7-15(22)16-11(14)6-13-17-10(8-20(13)18(16)23)5-9-3-1-2-4-12(9)19-17/h1-6,15,22H,7-8H2. The topological polar surface area (TPSA) is 72.2 Å². The molecule has 1 N–H and O–H groups in total. The molecule has 0 bridgehead atoms. The molecule has 0 amide bonds. The molecule has 0 spiro atoms. The van der Waals surface area contributed by atoms with Crippen LogP contribution in [-0.4, -0.2) is 20.4 Å². The molecule has 2 aliphatic rings. The molecule has 1 aliphatic carbocycles. The Bertz CT molecular complexity index is 1080. The van der Waals surface area contributed by atoms with E-state index in [2.05, 4.69) is 4.98 Å². The van der Waals surface area contributed by atoms with Crippen LogP contribution in [0.15, 0.2) is 41.2 Å². The van der Waals surface area contributed by atoms with Gasteiger partial charge in [-0.3, -0.25) is 9.59 Å². The van der Waals surface area contributed by atoms with Crippen LogP contribution in [-0.2, 0) is 6.54 Å². The molecule has 1 aromatic carbocycles. The zero-order valence-corrected chi connectivity index (χ0v) is 12.1. The van der Waals surface area contributed by atoms with Gasteiger partial charge in [0.25, 0.3) is 5.56 Å². The van der Waals surface area contributed by atoms with Gasteiger partial charge < -0.3 is 9.67 Å². The number of carbonyl (C=O) groups is 1. The number of ketones is 1. The molecule has 23 heavy (non-hydrogen) atoms. The van der Waals surface area contributed by atoms with Crippen molar-refractivity contribution in [2.24, 2.45) is 0 Å². The van der Waals surface area contributed by atoms with Crippen LogP contribution in [0.4, 0.5) is 0 Å². The fourth-order valence-electron chi connectivity index (χ4n) is 3.63. The lowest BCUT2D eigenvalue weighted by atomic mass is 10.1. The summed E-state index contributed by atoms with van der Waals surface area (Å²) in [6.45, 7) is 0.426. The van der Waals surface area contributed by atoms with Crippen molar-refractivity contribution >= 4 is 16.7 Å². The average molecular weight is 304 g/mol. The van der Waals surface area contributed by atoms with Crippen LogP contribution < -0.4 is 5.56 Å². The summed E-state index contributed by atoms with van der Waals surface area (Å²) in [6.07, 6.45) is -0.995. The van der Waals surface area contributed by atoms with Crippen molar-refractivity contribution in [2.75, 3.05) is 0 Å². The zero-order chi connectivity index (χ0) is 15.7. The van der Waals surface area contributed by atoms with Gasteiger partial charge in [0, 0.05) is 22.9 Å². The third-order valence-corrected chi connectivity index (χ3v) is 4.72. The summed E-state index contributed by atoms with van der Waals surface area (Å²) >= 11 is 0. The number of aliphatic hydroxyl groups is 1. The largest absolute Gasteiger partial charge is 0.388 e. The molecular weight excluding hydrogens is 292 g/mol. The third-order valence-electron chi connectivity index (χ3n) is 4.72. The van der Waals surface area contributed by atoms with Crippen molar-refractivity contribution in [3.63, 3.8) is 0 Å². The second-order valence-corrected chi connectivity index (χ2v) is 6.08. The monoisotopic (exact) mass is 304 g/mol. The highest BCUT2D eigenvalue weighted by molar-refractivity contribution is 6.02. The fourth-order valence-corrected chi connectivity index (χ4v) is 3.63. The summed E-state index contributed by atoms with van der Waals surface area (Å²) in [7, 11) is 0. The summed E-state index contributed by atoms with van der Waals surface area (Å²) in [4.78, 5) is 29.4. The number of para-hydroxylation sites is 1. The maximum atomic E-state index is 12.7. The van der Waals surface area contributed by atoms with Crippen LogP contribution in [0.2, 0.25) is 0 Å². The average Bonchev–Trinajstić information content (AvgIpc) is 3.04. The second-order valence-electron chi connectivity index (χ2n) is 6.08. The van der Waals surface area contributed by atoms with E-state index in [1.165, 1.54) is 0 Å². The molecule has 112 valence electrons. The molecule has 1 atom stereocenters. The van der Waals surface area contributed by atoms with Gasteiger partial charge >= 0.3 is 0 Å². The zero-order valence-electron chi connectivity index (χ0n) is 12.1. The Kier molecular flexibility index (Phi) is 2.29. The van der Waals surface area contributed by atoms with E-state index in [4.69, 9.17) is 0 Å². The third kappa shape index (κ3) is 1.57. The van der Waals surface area contributed by atoms with Crippen molar-refractivity contribution in [3.8, 4) is 11.4 Å². The van der Waals surface area contributed by atoms with Gasteiger partial charge in [0.1, 0.15) is 0 Å². The molecule has 0 saturated heterocycles. The van der Waals surface area contributed by atoms with Crippen LogP contribution in [0, 0.1) is 0 Å².